The standard InChI is InChI=1S/C32H56N4O2/c1-27-10-12-28(13-11-27)22-29-23-33-15-9-17-36(26-31(2,3)4)21-20-34(24-29)14-8-16-35(19-18-33)25-30(37)38-32(5,6)7/h10-13,29H,8-9,14-26H2,1-7H3. The van der Waals surface area contributed by atoms with Crippen LogP contribution in [0, 0.1) is 18.3 Å². The molecule has 0 amide bonds. The van der Waals surface area contributed by atoms with Crippen molar-refractivity contribution >= 4 is 5.97 Å². The summed E-state index contributed by atoms with van der Waals surface area (Å²) in [4.78, 5) is 23.1. The van der Waals surface area contributed by atoms with Crippen molar-refractivity contribution in [3.05, 3.63) is 35.4 Å². The molecule has 6 heteroatoms. The van der Waals surface area contributed by atoms with Gasteiger partial charge in [0.05, 0.1) is 6.54 Å². The second-order valence-electron chi connectivity index (χ2n) is 14.1. The number of fused-ring (bicyclic) bond motifs is 4. The Bertz CT molecular complexity index is 843. The minimum absolute atomic E-state index is 0.105. The van der Waals surface area contributed by atoms with E-state index in [1.54, 1.807) is 0 Å². The van der Waals surface area contributed by atoms with Crippen molar-refractivity contribution in [1.82, 2.24) is 19.6 Å². The Morgan fingerprint density at radius 2 is 1.34 bits per heavy atom. The van der Waals surface area contributed by atoms with Crippen molar-refractivity contribution in [2.24, 2.45) is 11.3 Å². The van der Waals surface area contributed by atoms with Gasteiger partial charge in [-0.15, -0.1) is 0 Å². The molecular weight excluding hydrogens is 472 g/mol. The second-order valence-corrected chi connectivity index (χ2v) is 14.1. The zero-order chi connectivity index (χ0) is 27.8. The molecule has 0 saturated carbocycles. The van der Waals surface area contributed by atoms with Gasteiger partial charge in [0.1, 0.15) is 5.60 Å². The molecule has 0 spiro atoms. The average molecular weight is 529 g/mol. The van der Waals surface area contributed by atoms with Crippen LogP contribution in [-0.2, 0) is 16.0 Å². The third kappa shape index (κ3) is 12.1. The Hall–Kier alpha value is -1.47. The van der Waals surface area contributed by atoms with E-state index >= 15 is 0 Å². The van der Waals surface area contributed by atoms with E-state index in [9.17, 15) is 4.79 Å². The summed E-state index contributed by atoms with van der Waals surface area (Å²) in [5.41, 5.74) is 2.65. The van der Waals surface area contributed by atoms with Crippen molar-refractivity contribution in [3.63, 3.8) is 0 Å². The van der Waals surface area contributed by atoms with Crippen molar-refractivity contribution in [2.45, 2.75) is 73.3 Å². The minimum atomic E-state index is -0.437. The van der Waals surface area contributed by atoms with Crippen LogP contribution in [0.1, 0.15) is 65.5 Å². The van der Waals surface area contributed by atoms with Crippen LogP contribution in [-0.4, -0.2) is 110 Å². The molecule has 0 radical (unpaired) electrons. The van der Waals surface area contributed by atoms with Crippen molar-refractivity contribution in [1.29, 1.82) is 0 Å². The molecule has 2 bridgehead atoms. The fraction of sp³-hybridized carbons (Fsp3) is 0.781. The lowest BCUT2D eigenvalue weighted by atomic mass is 9.96. The lowest BCUT2D eigenvalue weighted by Crippen LogP contribution is -2.43. The fourth-order valence-electron chi connectivity index (χ4n) is 5.93. The first kappa shape index (κ1) is 31.1. The number of aryl methyl sites for hydroxylation is 1. The quantitative estimate of drug-likeness (QED) is 0.522. The molecule has 3 rings (SSSR count). The van der Waals surface area contributed by atoms with E-state index in [4.69, 9.17) is 4.74 Å². The van der Waals surface area contributed by atoms with Gasteiger partial charge < -0.3 is 19.4 Å². The van der Waals surface area contributed by atoms with Crippen LogP contribution in [0.25, 0.3) is 0 Å². The van der Waals surface area contributed by atoms with Crippen molar-refractivity contribution in [3.8, 4) is 0 Å². The highest BCUT2D eigenvalue weighted by atomic mass is 16.6. The molecular formula is C32H56N4O2. The molecule has 1 aromatic rings. The first-order valence-corrected chi connectivity index (χ1v) is 15.0. The lowest BCUT2D eigenvalue weighted by Gasteiger charge is -2.33. The zero-order valence-electron chi connectivity index (χ0n) is 25.6. The molecule has 0 aliphatic carbocycles. The summed E-state index contributed by atoms with van der Waals surface area (Å²) >= 11 is 0. The maximum atomic E-state index is 12.7. The Morgan fingerprint density at radius 1 is 0.789 bits per heavy atom. The van der Waals surface area contributed by atoms with Gasteiger partial charge in [0, 0.05) is 52.4 Å². The zero-order valence-corrected chi connectivity index (χ0v) is 25.6. The molecule has 38 heavy (non-hydrogen) atoms. The fourth-order valence-corrected chi connectivity index (χ4v) is 5.93. The second kappa shape index (κ2) is 14.2. The highest BCUT2D eigenvalue weighted by Crippen LogP contribution is 2.19. The predicted molar refractivity (Wildman–Crippen MR) is 159 cm³/mol. The molecule has 216 valence electrons. The van der Waals surface area contributed by atoms with Gasteiger partial charge in [-0.1, -0.05) is 50.6 Å². The third-order valence-electron chi connectivity index (χ3n) is 7.51. The van der Waals surface area contributed by atoms with Crippen LogP contribution in [0.2, 0.25) is 0 Å². The molecule has 2 aliphatic heterocycles. The summed E-state index contributed by atoms with van der Waals surface area (Å²) < 4.78 is 5.67. The third-order valence-corrected chi connectivity index (χ3v) is 7.51. The number of rotatable bonds is 5. The number of hydrogen-bond donors (Lipinski definition) is 0. The number of carbonyl (C=O) groups is 1. The van der Waals surface area contributed by atoms with Gasteiger partial charge in [0.2, 0.25) is 0 Å². The molecule has 2 heterocycles. The van der Waals surface area contributed by atoms with Gasteiger partial charge in [-0.2, -0.15) is 0 Å². The molecule has 1 aromatic carbocycles. The van der Waals surface area contributed by atoms with Crippen molar-refractivity contribution < 1.29 is 9.53 Å². The van der Waals surface area contributed by atoms with Crippen molar-refractivity contribution in [2.75, 3.05) is 78.5 Å². The Labute approximate surface area is 233 Å². The van der Waals surface area contributed by atoms with Crippen LogP contribution >= 0.6 is 0 Å². The summed E-state index contributed by atoms with van der Waals surface area (Å²) in [5.74, 6) is 0.497. The first-order valence-electron chi connectivity index (χ1n) is 15.0. The normalized spacial score (nSPS) is 25.5. The molecule has 0 N–H and O–H groups in total. The van der Waals surface area contributed by atoms with Gasteiger partial charge in [0.15, 0.2) is 0 Å². The van der Waals surface area contributed by atoms with E-state index in [1.165, 1.54) is 17.5 Å². The SMILES string of the molecule is Cc1ccc(CC2CN3CCCN(CC(C)(C)C)CCN(CCCN(CC(=O)OC(C)(C)C)CC3)C2)cc1. The van der Waals surface area contributed by atoms with Crippen LogP contribution in [0.15, 0.2) is 24.3 Å². The van der Waals surface area contributed by atoms with E-state index in [2.05, 4.69) is 71.6 Å². The Morgan fingerprint density at radius 3 is 1.89 bits per heavy atom. The van der Waals surface area contributed by atoms with Gasteiger partial charge >= 0.3 is 5.97 Å². The largest absolute Gasteiger partial charge is 0.459 e. The lowest BCUT2D eigenvalue weighted by molar-refractivity contribution is -0.156. The maximum Gasteiger partial charge on any atom is 0.320 e. The average Bonchev–Trinajstić information content (AvgIpc) is 2.84. The molecule has 2 saturated heterocycles. The number of hydrogen-bond acceptors (Lipinski definition) is 6. The molecule has 6 nitrogen and oxygen atoms in total. The topological polar surface area (TPSA) is 39.3 Å². The summed E-state index contributed by atoms with van der Waals surface area (Å²) in [6.45, 7) is 27.4. The van der Waals surface area contributed by atoms with Gasteiger partial charge in [-0.25, -0.2) is 0 Å². The minimum Gasteiger partial charge on any atom is -0.459 e. The van der Waals surface area contributed by atoms with E-state index in [0.717, 1.165) is 84.8 Å². The Balaban J connectivity index is 1.77. The van der Waals surface area contributed by atoms with E-state index in [1.807, 2.05) is 20.8 Å². The number of esters is 1. The number of benzene rings is 1. The summed E-state index contributed by atoms with van der Waals surface area (Å²) in [5, 5.41) is 0. The number of nitrogens with zero attached hydrogens (tertiary/aromatic N) is 4. The van der Waals surface area contributed by atoms with Crippen LogP contribution in [0.5, 0.6) is 0 Å². The molecule has 3 atom stereocenters. The first-order chi connectivity index (χ1) is 17.8. The summed E-state index contributed by atoms with van der Waals surface area (Å²) in [7, 11) is 0. The molecule has 2 aliphatic rings. The van der Waals surface area contributed by atoms with Crippen LogP contribution in [0.4, 0.5) is 0 Å². The Kier molecular flexibility index (Phi) is 11.6. The number of carbonyl (C=O) groups excluding carboxylic acids is 1. The van der Waals surface area contributed by atoms with E-state index in [-0.39, 0.29) is 5.97 Å². The smallest absolute Gasteiger partial charge is 0.320 e. The monoisotopic (exact) mass is 528 g/mol. The predicted octanol–water partition coefficient (Wildman–Crippen LogP) is 4.56. The molecule has 3 unspecified atom stereocenters. The summed E-state index contributed by atoms with van der Waals surface area (Å²) in [6, 6.07) is 9.15. The van der Waals surface area contributed by atoms with Gasteiger partial charge in [0.25, 0.3) is 0 Å². The highest BCUT2D eigenvalue weighted by Gasteiger charge is 2.25. The van der Waals surface area contributed by atoms with Gasteiger partial charge in [-0.05, 0) is 83.5 Å². The van der Waals surface area contributed by atoms with E-state index in [0.29, 0.717) is 17.9 Å². The summed E-state index contributed by atoms with van der Waals surface area (Å²) in [6.07, 6.45) is 3.40. The van der Waals surface area contributed by atoms with Crippen LogP contribution in [0.3, 0.4) is 0 Å². The highest BCUT2D eigenvalue weighted by molar-refractivity contribution is 5.72. The van der Waals surface area contributed by atoms with E-state index < -0.39 is 5.60 Å². The molecule has 2 fully saturated rings. The van der Waals surface area contributed by atoms with Gasteiger partial charge in [-0.3, -0.25) is 9.69 Å². The maximum absolute atomic E-state index is 12.7. The van der Waals surface area contributed by atoms with Crippen LogP contribution < -0.4 is 0 Å². The molecule has 0 aromatic heterocycles. The number of ether oxygens (including phenoxy) is 1.